The van der Waals surface area contributed by atoms with E-state index in [2.05, 4.69) is 13.2 Å². The van der Waals surface area contributed by atoms with Crippen molar-refractivity contribution in [1.29, 1.82) is 0 Å². The highest BCUT2D eigenvalue weighted by Gasteiger charge is 2.79. The molecule has 3 rings (SSSR count). The van der Waals surface area contributed by atoms with Crippen LogP contribution in [0.4, 0.5) is 0 Å². The summed E-state index contributed by atoms with van der Waals surface area (Å²) in [5, 5.41) is 10.4. The number of esters is 1. The summed E-state index contributed by atoms with van der Waals surface area (Å²) in [5.74, 6) is -2.78. The number of ether oxygens (including phenoxy) is 2. The highest BCUT2D eigenvalue weighted by atomic mass is 16.6. The smallest absolute Gasteiger partial charge is 0.313 e. The largest absolute Gasteiger partial charge is 0.461 e. The van der Waals surface area contributed by atoms with Crippen molar-refractivity contribution >= 4 is 17.8 Å². The lowest BCUT2D eigenvalue weighted by Gasteiger charge is -2.42. The summed E-state index contributed by atoms with van der Waals surface area (Å²) in [6.45, 7) is 17.1. The molecule has 3 aliphatic rings. The molecule has 0 aromatic carbocycles. The number of hydrogen-bond acceptors (Lipinski definition) is 6. The molecule has 3 saturated heterocycles. The average Bonchev–Trinajstić information content (AvgIpc) is 3.36. The topological polar surface area (TPSA) is 96.4 Å². The van der Waals surface area contributed by atoms with E-state index in [1.165, 1.54) is 11.0 Å². The van der Waals surface area contributed by atoms with Crippen LogP contribution in [0.25, 0.3) is 0 Å². The van der Waals surface area contributed by atoms with Gasteiger partial charge >= 0.3 is 5.97 Å². The second-order valence-electron chi connectivity index (χ2n) is 10.4. The molecule has 0 saturated carbocycles. The quantitative estimate of drug-likeness (QED) is 0.363. The fraction of sp³-hybridized carbons (Fsp3) is 0.731. The molecule has 34 heavy (non-hydrogen) atoms. The lowest BCUT2D eigenvalue weighted by atomic mass is 9.66. The molecule has 2 amide bonds. The maximum Gasteiger partial charge on any atom is 0.313 e. The van der Waals surface area contributed by atoms with Crippen LogP contribution in [0, 0.1) is 17.8 Å². The minimum absolute atomic E-state index is 0.0397. The predicted octanol–water partition coefficient (Wildman–Crippen LogP) is 2.31. The van der Waals surface area contributed by atoms with Gasteiger partial charge in [0.15, 0.2) is 0 Å². The van der Waals surface area contributed by atoms with Gasteiger partial charge in [-0.3, -0.25) is 14.4 Å². The zero-order chi connectivity index (χ0) is 25.4. The van der Waals surface area contributed by atoms with Gasteiger partial charge in [-0.05, 0) is 39.5 Å². The molecule has 3 aliphatic heterocycles. The van der Waals surface area contributed by atoms with Crippen LogP contribution in [-0.2, 0) is 23.9 Å². The highest BCUT2D eigenvalue weighted by molar-refractivity contribution is 5.98. The number of carbonyl (C=O) groups is 3. The Bertz CT molecular complexity index is 843. The fourth-order valence-corrected chi connectivity index (χ4v) is 6.25. The number of amides is 2. The van der Waals surface area contributed by atoms with Crippen LogP contribution in [0.2, 0.25) is 0 Å². The van der Waals surface area contributed by atoms with Gasteiger partial charge in [0.1, 0.15) is 24.2 Å². The van der Waals surface area contributed by atoms with Crippen LogP contribution in [0.3, 0.4) is 0 Å². The molecule has 0 aromatic rings. The zero-order valence-electron chi connectivity index (χ0n) is 21.2. The molecule has 3 fully saturated rings. The standard InChI is InChI=1S/C26H40N2O6/c1-8-13-27(16(4)5)23(31)21-26-12-11-25(7,34-26)20(24(32)33-14-9-2)19(26)22(30)28(21)18(15-29)17(6)10-3/h8-9,16-21,29H,1-2,10-15H2,3-7H3/t17-,18-,19-,20-,21?,25+,26?/m0/s1. The van der Waals surface area contributed by atoms with E-state index in [9.17, 15) is 19.5 Å². The molecule has 0 aromatic heterocycles. The van der Waals surface area contributed by atoms with E-state index in [1.807, 2.05) is 34.6 Å². The van der Waals surface area contributed by atoms with Crippen molar-refractivity contribution in [3.05, 3.63) is 25.3 Å². The van der Waals surface area contributed by atoms with Gasteiger partial charge in [-0.15, -0.1) is 6.58 Å². The van der Waals surface area contributed by atoms with E-state index < -0.39 is 41.1 Å². The van der Waals surface area contributed by atoms with E-state index in [0.717, 1.165) is 6.42 Å². The first-order chi connectivity index (χ1) is 16.0. The van der Waals surface area contributed by atoms with E-state index in [-0.39, 0.29) is 37.0 Å². The summed E-state index contributed by atoms with van der Waals surface area (Å²) in [6, 6.07) is -1.63. The third-order valence-corrected chi connectivity index (χ3v) is 8.12. The summed E-state index contributed by atoms with van der Waals surface area (Å²) >= 11 is 0. The number of aliphatic hydroxyl groups is 1. The Labute approximate surface area is 202 Å². The zero-order valence-corrected chi connectivity index (χ0v) is 21.2. The fourth-order valence-electron chi connectivity index (χ4n) is 6.25. The third-order valence-electron chi connectivity index (χ3n) is 8.12. The van der Waals surface area contributed by atoms with Gasteiger partial charge in [0, 0.05) is 12.6 Å². The Morgan fingerprint density at radius 2 is 1.97 bits per heavy atom. The van der Waals surface area contributed by atoms with Crippen LogP contribution < -0.4 is 0 Å². The molecule has 8 heteroatoms. The molecule has 2 unspecified atom stereocenters. The van der Waals surface area contributed by atoms with E-state index in [0.29, 0.717) is 19.4 Å². The first-order valence-corrected chi connectivity index (χ1v) is 12.4. The summed E-state index contributed by atoms with van der Waals surface area (Å²) in [7, 11) is 0. The molecule has 3 heterocycles. The summed E-state index contributed by atoms with van der Waals surface area (Å²) in [6.07, 6.45) is 4.89. The molecule has 0 radical (unpaired) electrons. The molecule has 1 spiro atoms. The number of aliphatic hydroxyl groups excluding tert-OH is 1. The monoisotopic (exact) mass is 476 g/mol. The van der Waals surface area contributed by atoms with Crippen LogP contribution in [0.1, 0.15) is 53.9 Å². The van der Waals surface area contributed by atoms with Crippen molar-refractivity contribution < 1.29 is 29.0 Å². The Morgan fingerprint density at radius 3 is 2.50 bits per heavy atom. The number of hydrogen-bond donors (Lipinski definition) is 1. The highest BCUT2D eigenvalue weighted by Crippen LogP contribution is 2.64. The van der Waals surface area contributed by atoms with E-state index in [1.54, 1.807) is 11.0 Å². The van der Waals surface area contributed by atoms with Gasteiger partial charge in [0.2, 0.25) is 11.8 Å². The van der Waals surface area contributed by atoms with Crippen LogP contribution in [-0.4, -0.2) is 81.8 Å². The molecule has 190 valence electrons. The number of likely N-dealkylation sites (tertiary alicyclic amines) is 1. The second kappa shape index (κ2) is 9.82. The lowest BCUT2D eigenvalue weighted by molar-refractivity contribution is -0.162. The van der Waals surface area contributed by atoms with Gasteiger partial charge in [0.25, 0.3) is 0 Å². The van der Waals surface area contributed by atoms with E-state index >= 15 is 0 Å². The molecular weight excluding hydrogens is 436 g/mol. The van der Waals surface area contributed by atoms with Gasteiger partial charge in [-0.1, -0.05) is 39.0 Å². The van der Waals surface area contributed by atoms with Crippen LogP contribution in [0.5, 0.6) is 0 Å². The Balaban J connectivity index is 2.15. The first-order valence-electron chi connectivity index (χ1n) is 12.4. The minimum atomic E-state index is -1.14. The van der Waals surface area contributed by atoms with Crippen molar-refractivity contribution in [2.24, 2.45) is 17.8 Å². The average molecular weight is 477 g/mol. The minimum Gasteiger partial charge on any atom is -0.461 e. The predicted molar refractivity (Wildman–Crippen MR) is 128 cm³/mol. The second-order valence-corrected chi connectivity index (χ2v) is 10.4. The molecule has 1 N–H and O–H groups in total. The number of fused-ring (bicyclic) bond motifs is 1. The van der Waals surface area contributed by atoms with Gasteiger partial charge in [-0.2, -0.15) is 0 Å². The number of nitrogens with zero attached hydrogens (tertiary/aromatic N) is 2. The van der Waals surface area contributed by atoms with Gasteiger partial charge in [0.05, 0.1) is 24.2 Å². The number of carbonyl (C=O) groups excluding carboxylic acids is 3. The van der Waals surface area contributed by atoms with Crippen molar-refractivity contribution in [3.63, 3.8) is 0 Å². The third kappa shape index (κ3) is 3.88. The van der Waals surface area contributed by atoms with Crippen LogP contribution in [0.15, 0.2) is 25.3 Å². The maximum absolute atomic E-state index is 14.1. The molecular formula is C26H40N2O6. The summed E-state index contributed by atoms with van der Waals surface area (Å²) < 4.78 is 12.0. The van der Waals surface area contributed by atoms with Crippen molar-refractivity contribution in [1.82, 2.24) is 9.80 Å². The van der Waals surface area contributed by atoms with E-state index in [4.69, 9.17) is 9.47 Å². The molecule has 2 bridgehead atoms. The normalized spacial score (nSPS) is 33.6. The Morgan fingerprint density at radius 1 is 1.29 bits per heavy atom. The van der Waals surface area contributed by atoms with Gasteiger partial charge < -0.3 is 24.4 Å². The lowest BCUT2D eigenvalue weighted by Crippen LogP contribution is -2.60. The Kier molecular flexibility index (Phi) is 7.63. The van der Waals surface area contributed by atoms with Crippen molar-refractivity contribution in [3.8, 4) is 0 Å². The SMILES string of the molecule is C=CCOC(=O)[C@@H]1[C@H]2C(=O)N([C@@H](CO)[C@@H](C)CC)C(C(=O)N(CC=C)C(C)C)C23CC[C@@]1(C)O3. The van der Waals surface area contributed by atoms with Crippen molar-refractivity contribution in [2.45, 2.75) is 83.2 Å². The van der Waals surface area contributed by atoms with Crippen molar-refractivity contribution in [2.75, 3.05) is 19.8 Å². The summed E-state index contributed by atoms with van der Waals surface area (Å²) in [4.78, 5) is 44.6. The summed E-state index contributed by atoms with van der Waals surface area (Å²) in [5.41, 5.74) is -2.04. The molecule has 0 aliphatic carbocycles. The number of rotatable bonds is 11. The Hall–Kier alpha value is -2.19. The maximum atomic E-state index is 14.1. The first kappa shape index (κ1) is 26.4. The molecule has 7 atom stereocenters. The van der Waals surface area contributed by atoms with Gasteiger partial charge in [-0.25, -0.2) is 0 Å². The van der Waals surface area contributed by atoms with Crippen LogP contribution >= 0.6 is 0 Å². The molecule has 8 nitrogen and oxygen atoms in total.